The summed E-state index contributed by atoms with van der Waals surface area (Å²) in [5, 5.41) is -0.543. The Morgan fingerprint density at radius 1 is 0.500 bits per heavy atom. The lowest BCUT2D eigenvalue weighted by Crippen LogP contribution is -2.27. The van der Waals surface area contributed by atoms with Crippen molar-refractivity contribution in [3.05, 3.63) is 161 Å². The lowest BCUT2D eigenvalue weighted by atomic mass is 10.0. The van der Waals surface area contributed by atoms with Crippen molar-refractivity contribution in [1.82, 2.24) is 0 Å². The van der Waals surface area contributed by atoms with Crippen LogP contribution in [0.4, 0.5) is 26.3 Å². The molecule has 0 saturated heterocycles. The molecule has 0 spiro atoms. The average Bonchev–Trinajstić information content (AvgIpc) is 3.09. The predicted octanol–water partition coefficient (Wildman–Crippen LogP) is 9.55. The van der Waals surface area contributed by atoms with Crippen molar-refractivity contribution in [2.45, 2.75) is 25.6 Å². The van der Waals surface area contributed by atoms with Crippen molar-refractivity contribution < 1.29 is 50.0 Å². The van der Waals surface area contributed by atoms with Crippen molar-refractivity contribution in [2.75, 3.05) is 0 Å². The molecule has 5 aromatic rings. The summed E-state index contributed by atoms with van der Waals surface area (Å²) in [5.41, 5.74) is -9.67. The molecule has 0 aliphatic rings. The molecule has 1 atom stereocenters. The highest BCUT2D eigenvalue weighted by Gasteiger charge is 2.51. The maximum Gasteiger partial charge on any atom is 0.417 e. The van der Waals surface area contributed by atoms with Crippen LogP contribution in [0, 0.1) is 0 Å². The second kappa shape index (κ2) is 13.9. The van der Waals surface area contributed by atoms with Gasteiger partial charge in [0.2, 0.25) is 18.2 Å². The van der Waals surface area contributed by atoms with Crippen LogP contribution in [0.5, 0.6) is 11.5 Å². The molecular formula is C36H25F6O5P. The molecule has 5 aromatic carbocycles. The van der Waals surface area contributed by atoms with Crippen LogP contribution in [-0.4, -0.2) is 11.0 Å². The molecule has 0 saturated carbocycles. The van der Waals surface area contributed by atoms with E-state index in [1.165, 1.54) is 36.4 Å². The van der Waals surface area contributed by atoms with Crippen LogP contribution in [-0.2, 0) is 30.1 Å². The van der Waals surface area contributed by atoms with Gasteiger partial charge in [-0.1, -0.05) is 91.0 Å². The fourth-order valence-corrected chi connectivity index (χ4v) is 7.46. The number of halogens is 6. The molecule has 5 rings (SSSR count). The fraction of sp³-hybridized carbons (Fsp3) is 0.111. The van der Waals surface area contributed by atoms with Gasteiger partial charge in [-0.05, 0) is 36.4 Å². The molecule has 48 heavy (non-hydrogen) atoms. The van der Waals surface area contributed by atoms with Crippen LogP contribution in [0.2, 0.25) is 0 Å². The molecule has 0 bridgehead atoms. The highest BCUT2D eigenvalue weighted by Crippen LogP contribution is 2.55. The van der Waals surface area contributed by atoms with Crippen LogP contribution >= 0.6 is 7.14 Å². The summed E-state index contributed by atoms with van der Waals surface area (Å²) in [5.74, 6) is 0.746. The van der Waals surface area contributed by atoms with E-state index in [9.17, 15) is 35.9 Å². The Labute approximate surface area is 271 Å². The fourth-order valence-electron chi connectivity index (χ4n) is 5.06. The Morgan fingerprint density at radius 2 is 0.875 bits per heavy atom. The number of carbonyl (C=O) groups excluding carboxylic acids is 2. The highest BCUT2D eigenvalue weighted by atomic mass is 31.2. The lowest BCUT2D eigenvalue weighted by molar-refractivity contribution is -0.143. The summed E-state index contributed by atoms with van der Waals surface area (Å²) < 4.78 is 112. The van der Waals surface area contributed by atoms with Gasteiger partial charge in [-0.3, -0.25) is 9.59 Å². The zero-order valence-electron chi connectivity index (χ0n) is 24.8. The van der Waals surface area contributed by atoms with Crippen molar-refractivity contribution in [3.8, 4) is 11.5 Å². The summed E-state index contributed by atoms with van der Waals surface area (Å²) >= 11 is 0. The van der Waals surface area contributed by atoms with E-state index >= 15 is 4.57 Å². The van der Waals surface area contributed by atoms with E-state index in [4.69, 9.17) is 9.47 Å². The van der Waals surface area contributed by atoms with Crippen LogP contribution in [0.3, 0.4) is 0 Å². The standard InChI is InChI=1S/C36H25F6O5P/c37-35(38,39)29-20-11-21-30(36(40,41)42)32(29)34(44)48(45,28-18-8-3-9-19-28)33(43)31-24(22-46-26-14-4-1-5-15-26)12-10-13-25(31)23-47-27-16-6-2-7-17-27/h1-21H,22-23H2. The number of hydrogen-bond donors (Lipinski definition) is 0. The lowest BCUT2D eigenvalue weighted by Gasteiger charge is -2.24. The third-order valence-corrected chi connectivity index (χ3v) is 9.92. The normalized spacial score (nSPS) is 13.0. The predicted molar refractivity (Wildman–Crippen MR) is 167 cm³/mol. The van der Waals surface area contributed by atoms with Crippen LogP contribution in [0.15, 0.2) is 127 Å². The number of benzene rings is 5. The first-order valence-electron chi connectivity index (χ1n) is 14.3. The van der Waals surface area contributed by atoms with Gasteiger partial charge in [0.1, 0.15) is 24.7 Å². The van der Waals surface area contributed by atoms with E-state index < -0.39 is 52.5 Å². The molecule has 0 aliphatic carbocycles. The highest BCUT2D eigenvalue weighted by molar-refractivity contribution is 8.01. The second-order valence-corrected chi connectivity index (χ2v) is 13.0. The Kier molecular flexibility index (Phi) is 9.91. The molecule has 0 amide bonds. The molecule has 0 aliphatic heterocycles. The van der Waals surface area contributed by atoms with Gasteiger partial charge < -0.3 is 14.0 Å². The van der Waals surface area contributed by atoms with Crippen molar-refractivity contribution in [2.24, 2.45) is 0 Å². The smallest absolute Gasteiger partial charge is 0.417 e. The minimum atomic E-state index is -5.52. The van der Waals surface area contributed by atoms with Gasteiger partial charge in [-0.25, -0.2) is 0 Å². The summed E-state index contributed by atoms with van der Waals surface area (Å²) in [4.78, 5) is 29.0. The molecule has 1 unspecified atom stereocenters. The van der Waals surface area contributed by atoms with Gasteiger partial charge in [0.05, 0.1) is 16.7 Å². The van der Waals surface area contributed by atoms with E-state index in [-0.39, 0.29) is 42.0 Å². The number of ether oxygens (including phenoxy) is 2. The van der Waals surface area contributed by atoms with E-state index in [0.717, 1.165) is 12.1 Å². The average molecular weight is 683 g/mol. The molecule has 0 radical (unpaired) electrons. The minimum absolute atomic E-state index is 0.0714. The first-order valence-corrected chi connectivity index (χ1v) is 16.0. The number of rotatable bonds is 11. The molecule has 5 nitrogen and oxygen atoms in total. The molecular weight excluding hydrogens is 657 g/mol. The number of hydrogen-bond acceptors (Lipinski definition) is 5. The third kappa shape index (κ3) is 7.21. The summed E-state index contributed by atoms with van der Waals surface area (Å²) in [6.45, 7) is -0.666. The van der Waals surface area contributed by atoms with E-state index in [1.54, 1.807) is 60.7 Å². The van der Waals surface area contributed by atoms with Gasteiger partial charge in [-0.15, -0.1) is 0 Å². The van der Waals surface area contributed by atoms with Crippen molar-refractivity contribution >= 4 is 23.5 Å². The second-order valence-electron chi connectivity index (χ2n) is 10.4. The molecule has 0 fully saturated rings. The maximum absolute atomic E-state index is 15.1. The van der Waals surface area contributed by atoms with Gasteiger partial charge in [0.15, 0.2) is 0 Å². The van der Waals surface area contributed by atoms with E-state index in [2.05, 4.69) is 0 Å². The quantitative estimate of drug-likeness (QED) is 0.103. The monoisotopic (exact) mass is 682 g/mol. The van der Waals surface area contributed by atoms with E-state index in [1.807, 2.05) is 0 Å². The maximum atomic E-state index is 15.1. The Balaban J connectivity index is 1.73. The summed E-state index contributed by atoms with van der Waals surface area (Å²) in [6.07, 6.45) is -10.9. The van der Waals surface area contributed by atoms with Gasteiger partial charge in [0, 0.05) is 22.0 Å². The first kappa shape index (κ1) is 34.2. The Bertz CT molecular complexity index is 1870. The van der Waals surface area contributed by atoms with Crippen molar-refractivity contribution in [3.63, 3.8) is 0 Å². The number of para-hydroxylation sites is 2. The Morgan fingerprint density at radius 3 is 1.29 bits per heavy atom. The first-order chi connectivity index (χ1) is 22.8. The SMILES string of the molecule is O=C(c1c(COc2ccccc2)cccc1COc1ccccc1)P(=O)(C(=O)c1c(C(F)(F)F)cccc1C(F)(F)F)c1ccccc1. The number of carbonyl (C=O) groups is 2. The zero-order valence-corrected chi connectivity index (χ0v) is 25.7. The van der Waals surface area contributed by atoms with Crippen LogP contribution < -0.4 is 14.8 Å². The molecule has 12 heteroatoms. The summed E-state index contributed by atoms with van der Waals surface area (Å²) in [6, 6.07) is 28.2. The summed E-state index contributed by atoms with van der Waals surface area (Å²) in [7, 11) is -5.52. The third-order valence-electron chi connectivity index (χ3n) is 7.31. The van der Waals surface area contributed by atoms with Crippen LogP contribution in [0.1, 0.15) is 43.0 Å². The van der Waals surface area contributed by atoms with E-state index in [0.29, 0.717) is 17.6 Å². The number of alkyl halides is 6. The van der Waals surface area contributed by atoms with Gasteiger partial charge >= 0.3 is 12.4 Å². The van der Waals surface area contributed by atoms with Gasteiger partial charge in [0.25, 0.3) is 0 Å². The van der Waals surface area contributed by atoms with Gasteiger partial charge in [-0.2, -0.15) is 26.3 Å². The Hall–Kier alpha value is -5.15. The largest absolute Gasteiger partial charge is 0.489 e. The molecule has 0 aromatic heterocycles. The zero-order chi connectivity index (χ0) is 34.5. The molecule has 0 heterocycles. The molecule has 246 valence electrons. The van der Waals surface area contributed by atoms with Crippen LogP contribution in [0.25, 0.3) is 0 Å². The molecule has 0 N–H and O–H groups in total. The topological polar surface area (TPSA) is 69.7 Å². The minimum Gasteiger partial charge on any atom is -0.489 e. The van der Waals surface area contributed by atoms with Crippen molar-refractivity contribution in [1.29, 1.82) is 0 Å².